The van der Waals surface area contributed by atoms with E-state index in [1.165, 1.54) is 0 Å². The van der Waals surface area contributed by atoms with Crippen molar-refractivity contribution in [2.45, 2.75) is 19.4 Å². The Labute approximate surface area is 100 Å². The minimum atomic E-state index is 0.722. The lowest BCUT2D eigenvalue weighted by atomic mass is 10.1. The molecule has 0 saturated heterocycles. The third-order valence-corrected chi connectivity index (χ3v) is 2.59. The van der Waals surface area contributed by atoms with E-state index in [4.69, 9.17) is 11.5 Å². The summed E-state index contributed by atoms with van der Waals surface area (Å²) in [7, 11) is 0. The lowest BCUT2D eigenvalue weighted by Gasteiger charge is -1.98. The summed E-state index contributed by atoms with van der Waals surface area (Å²) in [6.45, 7) is 1.58. The summed E-state index contributed by atoms with van der Waals surface area (Å²) in [4.78, 5) is 0. The predicted octanol–water partition coefficient (Wildman–Crippen LogP) is 1.27. The Kier molecular flexibility index (Phi) is 3.72. The van der Waals surface area contributed by atoms with E-state index in [1.54, 1.807) is 0 Å². The molecule has 5 nitrogen and oxygen atoms in total. The van der Waals surface area contributed by atoms with Crippen LogP contribution in [0.5, 0.6) is 0 Å². The predicted molar refractivity (Wildman–Crippen MR) is 68.2 cm³/mol. The van der Waals surface area contributed by atoms with Crippen molar-refractivity contribution in [3.8, 4) is 11.3 Å². The van der Waals surface area contributed by atoms with Gasteiger partial charge >= 0.3 is 0 Å². The molecule has 0 aliphatic rings. The monoisotopic (exact) mass is 231 g/mol. The van der Waals surface area contributed by atoms with Gasteiger partial charge in [-0.2, -0.15) is 0 Å². The van der Waals surface area contributed by atoms with Gasteiger partial charge in [0.1, 0.15) is 5.69 Å². The number of hydrogen-bond donors (Lipinski definition) is 2. The molecule has 0 fully saturated rings. The molecule has 0 saturated carbocycles. The summed E-state index contributed by atoms with van der Waals surface area (Å²) < 4.78 is 1.85. The number of rotatable bonds is 5. The third kappa shape index (κ3) is 3.04. The molecule has 2 rings (SSSR count). The zero-order valence-corrected chi connectivity index (χ0v) is 9.71. The largest absolute Gasteiger partial charge is 0.399 e. The minimum absolute atomic E-state index is 0.722. The number of aromatic nitrogens is 3. The van der Waals surface area contributed by atoms with Gasteiger partial charge in [0.25, 0.3) is 0 Å². The third-order valence-electron chi connectivity index (χ3n) is 2.59. The number of nitrogen functional groups attached to an aromatic ring is 1. The van der Waals surface area contributed by atoms with Crippen LogP contribution < -0.4 is 11.5 Å². The van der Waals surface area contributed by atoms with Crippen LogP contribution in [0.4, 0.5) is 5.69 Å². The Morgan fingerprint density at radius 1 is 1.12 bits per heavy atom. The van der Waals surface area contributed by atoms with Crippen molar-refractivity contribution in [2.75, 3.05) is 12.3 Å². The van der Waals surface area contributed by atoms with Crippen LogP contribution in [0.3, 0.4) is 0 Å². The van der Waals surface area contributed by atoms with Crippen LogP contribution >= 0.6 is 0 Å². The maximum Gasteiger partial charge on any atom is 0.113 e. The van der Waals surface area contributed by atoms with Gasteiger partial charge in [0, 0.05) is 17.8 Å². The molecule has 1 aromatic carbocycles. The zero-order chi connectivity index (χ0) is 12.1. The highest BCUT2D eigenvalue weighted by Gasteiger charge is 2.03. The molecule has 0 aliphatic heterocycles. The molecule has 0 aliphatic carbocycles. The van der Waals surface area contributed by atoms with Crippen LogP contribution in [0, 0.1) is 0 Å². The molecule has 0 bridgehead atoms. The van der Waals surface area contributed by atoms with Gasteiger partial charge in [0.15, 0.2) is 0 Å². The molecule has 0 amide bonds. The first-order valence-corrected chi connectivity index (χ1v) is 5.75. The van der Waals surface area contributed by atoms with Crippen molar-refractivity contribution in [1.82, 2.24) is 15.0 Å². The van der Waals surface area contributed by atoms with E-state index in [0.717, 1.165) is 42.9 Å². The van der Waals surface area contributed by atoms with E-state index < -0.39 is 0 Å². The van der Waals surface area contributed by atoms with Crippen LogP contribution in [-0.2, 0) is 6.54 Å². The number of anilines is 1. The van der Waals surface area contributed by atoms with Gasteiger partial charge in [-0.1, -0.05) is 17.3 Å². The van der Waals surface area contributed by atoms with Crippen LogP contribution in [0.1, 0.15) is 12.8 Å². The highest BCUT2D eigenvalue weighted by molar-refractivity contribution is 5.60. The average molecular weight is 231 g/mol. The van der Waals surface area contributed by atoms with E-state index in [9.17, 15) is 0 Å². The number of hydrogen-bond acceptors (Lipinski definition) is 4. The van der Waals surface area contributed by atoms with Crippen molar-refractivity contribution in [3.05, 3.63) is 30.5 Å². The molecule has 90 valence electrons. The first-order chi connectivity index (χ1) is 8.29. The summed E-state index contributed by atoms with van der Waals surface area (Å²) in [5.41, 5.74) is 13.7. The van der Waals surface area contributed by atoms with E-state index in [1.807, 2.05) is 35.1 Å². The Morgan fingerprint density at radius 2 is 1.88 bits per heavy atom. The molecule has 0 unspecified atom stereocenters. The molecular weight excluding hydrogens is 214 g/mol. The fourth-order valence-electron chi connectivity index (χ4n) is 1.61. The van der Waals surface area contributed by atoms with E-state index in [0.29, 0.717) is 0 Å². The molecule has 0 atom stereocenters. The minimum Gasteiger partial charge on any atom is -0.399 e. The second-order valence-electron chi connectivity index (χ2n) is 3.98. The molecule has 2 aromatic rings. The van der Waals surface area contributed by atoms with Gasteiger partial charge < -0.3 is 11.5 Å². The lowest BCUT2D eigenvalue weighted by molar-refractivity contribution is 0.544. The van der Waals surface area contributed by atoms with Crippen molar-refractivity contribution < 1.29 is 0 Å². The van der Waals surface area contributed by atoms with Crippen molar-refractivity contribution >= 4 is 5.69 Å². The van der Waals surface area contributed by atoms with Crippen molar-refractivity contribution in [1.29, 1.82) is 0 Å². The summed E-state index contributed by atoms with van der Waals surface area (Å²) in [6, 6.07) is 7.62. The second-order valence-corrected chi connectivity index (χ2v) is 3.98. The molecule has 0 radical (unpaired) electrons. The zero-order valence-electron chi connectivity index (χ0n) is 9.71. The highest BCUT2D eigenvalue weighted by atomic mass is 15.4. The summed E-state index contributed by atoms with van der Waals surface area (Å²) in [6.07, 6.45) is 3.99. The fourth-order valence-corrected chi connectivity index (χ4v) is 1.61. The van der Waals surface area contributed by atoms with Gasteiger partial charge in [-0.05, 0) is 31.5 Å². The number of nitrogens with zero attached hydrogens (tertiary/aromatic N) is 3. The SMILES string of the molecule is NCCCCn1cc(-c2ccc(N)cc2)nn1. The molecule has 0 spiro atoms. The van der Waals surface area contributed by atoms with Crippen LogP contribution in [0.25, 0.3) is 11.3 Å². The lowest BCUT2D eigenvalue weighted by Crippen LogP contribution is -2.03. The summed E-state index contributed by atoms with van der Waals surface area (Å²) in [5.74, 6) is 0. The molecule has 1 aromatic heterocycles. The van der Waals surface area contributed by atoms with Gasteiger partial charge in [-0.25, -0.2) is 0 Å². The number of unbranched alkanes of at least 4 members (excludes halogenated alkanes) is 1. The van der Waals surface area contributed by atoms with Crippen molar-refractivity contribution in [3.63, 3.8) is 0 Å². The van der Waals surface area contributed by atoms with Crippen LogP contribution in [0.15, 0.2) is 30.5 Å². The number of aryl methyl sites for hydroxylation is 1. The van der Waals surface area contributed by atoms with E-state index in [2.05, 4.69) is 10.3 Å². The van der Waals surface area contributed by atoms with Gasteiger partial charge in [0.05, 0.1) is 6.20 Å². The Balaban J connectivity index is 2.04. The Bertz CT molecular complexity index is 460. The first kappa shape index (κ1) is 11.6. The Morgan fingerprint density at radius 3 is 2.59 bits per heavy atom. The van der Waals surface area contributed by atoms with Gasteiger partial charge in [-0.3, -0.25) is 4.68 Å². The fraction of sp³-hybridized carbons (Fsp3) is 0.333. The molecule has 5 heteroatoms. The standard InChI is InChI=1S/C12H17N5/c13-7-1-2-8-17-9-12(15-16-17)10-3-5-11(14)6-4-10/h3-6,9H,1-2,7-8,13-14H2. The second kappa shape index (κ2) is 5.45. The maximum atomic E-state index is 5.64. The topological polar surface area (TPSA) is 82.8 Å². The molecular formula is C12H17N5. The summed E-state index contributed by atoms with van der Waals surface area (Å²) in [5, 5.41) is 8.22. The molecule has 4 N–H and O–H groups in total. The van der Waals surface area contributed by atoms with Gasteiger partial charge in [-0.15, -0.1) is 5.10 Å². The number of benzene rings is 1. The van der Waals surface area contributed by atoms with Crippen LogP contribution in [0.2, 0.25) is 0 Å². The normalized spacial score (nSPS) is 10.6. The van der Waals surface area contributed by atoms with E-state index in [-0.39, 0.29) is 0 Å². The summed E-state index contributed by atoms with van der Waals surface area (Å²) >= 11 is 0. The van der Waals surface area contributed by atoms with E-state index >= 15 is 0 Å². The highest BCUT2D eigenvalue weighted by Crippen LogP contribution is 2.17. The quantitative estimate of drug-likeness (QED) is 0.599. The van der Waals surface area contributed by atoms with Crippen molar-refractivity contribution in [2.24, 2.45) is 5.73 Å². The average Bonchev–Trinajstić information content (AvgIpc) is 2.79. The Hall–Kier alpha value is -1.88. The molecule has 17 heavy (non-hydrogen) atoms. The molecule has 1 heterocycles. The first-order valence-electron chi connectivity index (χ1n) is 5.75. The van der Waals surface area contributed by atoms with Crippen LogP contribution in [-0.4, -0.2) is 21.5 Å². The van der Waals surface area contributed by atoms with Gasteiger partial charge in [0.2, 0.25) is 0 Å². The maximum absolute atomic E-state index is 5.64. The number of nitrogens with two attached hydrogens (primary N) is 2. The smallest absolute Gasteiger partial charge is 0.113 e.